The standard InChI is InChI=1S/C13H13N3/c1-8(2)9-3-4-12-11(5-9)10(7-14)6-13(15)16-12/h3-6,8H,1-2H3,(H2,15,16). The molecule has 0 bridgehead atoms. The number of nitrogen functional groups attached to an aromatic ring is 1. The number of anilines is 1. The van der Waals surface area contributed by atoms with Crippen LogP contribution in [0.3, 0.4) is 0 Å². The highest BCUT2D eigenvalue weighted by atomic mass is 14.8. The number of nitrogens with zero attached hydrogens (tertiary/aromatic N) is 2. The zero-order valence-electron chi connectivity index (χ0n) is 9.36. The van der Waals surface area contributed by atoms with Crippen LogP contribution in [0.15, 0.2) is 24.3 Å². The van der Waals surface area contributed by atoms with Gasteiger partial charge in [0.25, 0.3) is 0 Å². The summed E-state index contributed by atoms with van der Waals surface area (Å²) in [5, 5.41) is 9.93. The van der Waals surface area contributed by atoms with Crippen molar-refractivity contribution in [1.29, 1.82) is 5.26 Å². The summed E-state index contributed by atoms with van der Waals surface area (Å²) in [6.45, 7) is 4.25. The van der Waals surface area contributed by atoms with E-state index in [2.05, 4.69) is 24.9 Å². The molecule has 16 heavy (non-hydrogen) atoms. The van der Waals surface area contributed by atoms with Crippen LogP contribution >= 0.6 is 0 Å². The van der Waals surface area contributed by atoms with Gasteiger partial charge in [0.2, 0.25) is 0 Å². The van der Waals surface area contributed by atoms with Crippen LogP contribution in [0.2, 0.25) is 0 Å². The molecule has 2 aromatic rings. The Morgan fingerprint density at radius 1 is 1.31 bits per heavy atom. The van der Waals surface area contributed by atoms with Crippen molar-refractivity contribution in [2.75, 3.05) is 5.73 Å². The van der Waals surface area contributed by atoms with Crippen molar-refractivity contribution in [3.63, 3.8) is 0 Å². The summed E-state index contributed by atoms with van der Waals surface area (Å²) in [6, 6.07) is 9.74. The first-order valence-electron chi connectivity index (χ1n) is 5.22. The molecule has 1 heterocycles. The molecule has 3 nitrogen and oxygen atoms in total. The van der Waals surface area contributed by atoms with Gasteiger partial charge in [-0.2, -0.15) is 5.26 Å². The van der Waals surface area contributed by atoms with Crippen LogP contribution in [0.5, 0.6) is 0 Å². The Morgan fingerprint density at radius 2 is 2.06 bits per heavy atom. The lowest BCUT2D eigenvalue weighted by molar-refractivity contribution is 0.868. The summed E-state index contributed by atoms with van der Waals surface area (Å²) in [6.07, 6.45) is 0. The maximum absolute atomic E-state index is 9.06. The molecule has 0 saturated heterocycles. The van der Waals surface area contributed by atoms with Crippen molar-refractivity contribution in [2.24, 2.45) is 0 Å². The fourth-order valence-electron chi connectivity index (χ4n) is 1.72. The Bertz CT molecular complexity index is 579. The van der Waals surface area contributed by atoms with E-state index in [0.29, 0.717) is 17.3 Å². The van der Waals surface area contributed by atoms with Gasteiger partial charge in [-0.3, -0.25) is 0 Å². The number of hydrogen-bond acceptors (Lipinski definition) is 3. The van der Waals surface area contributed by atoms with Gasteiger partial charge >= 0.3 is 0 Å². The first-order chi connectivity index (χ1) is 7.61. The lowest BCUT2D eigenvalue weighted by Gasteiger charge is -2.07. The maximum atomic E-state index is 9.06. The number of pyridine rings is 1. The average Bonchev–Trinajstić information content (AvgIpc) is 2.27. The highest BCUT2D eigenvalue weighted by Crippen LogP contribution is 2.24. The second kappa shape index (κ2) is 3.82. The van der Waals surface area contributed by atoms with Crippen molar-refractivity contribution in [3.8, 4) is 6.07 Å². The van der Waals surface area contributed by atoms with Crippen LogP contribution in [0.4, 0.5) is 5.82 Å². The van der Waals surface area contributed by atoms with Gasteiger partial charge in [0.05, 0.1) is 17.1 Å². The fourth-order valence-corrected chi connectivity index (χ4v) is 1.72. The molecule has 0 fully saturated rings. The number of fused-ring (bicyclic) bond motifs is 1. The van der Waals surface area contributed by atoms with Crippen LogP contribution < -0.4 is 5.73 Å². The summed E-state index contributed by atoms with van der Waals surface area (Å²) in [4.78, 5) is 4.21. The Morgan fingerprint density at radius 3 is 2.69 bits per heavy atom. The van der Waals surface area contributed by atoms with Gasteiger partial charge in [0.15, 0.2) is 0 Å². The second-order valence-electron chi connectivity index (χ2n) is 4.14. The maximum Gasteiger partial charge on any atom is 0.125 e. The van der Waals surface area contributed by atoms with Gasteiger partial charge in [0.1, 0.15) is 5.82 Å². The van der Waals surface area contributed by atoms with E-state index in [9.17, 15) is 0 Å². The lowest BCUT2D eigenvalue weighted by Crippen LogP contribution is -1.95. The normalized spacial score (nSPS) is 10.6. The van der Waals surface area contributed by atoms with Crippen molar-refractivity contribution >= 4 is 16.7 Å². The molecule has 0 aliphatic heterocycles. The van der Waals surface area contributed by atoms with Gasteiger partial charge in [0, 0.05) is 5.39 Å². The number of rotatable bonds is 1. The van der Waals surface area contributed by atoms with Crippen LogP contribution in [0.1, 0.15) is 30.9 Å². The van der Waals surface area contributed by atoms with Crippen LogP contribution in [-0.2, 0) is 0 Å². The number of nitrogens with two attached hydrogens (primary N) is 1. The number of nitriles is 1. The first kappa shape index (κ1) is 10.4. The van der Waals surface area contributed by atoms with Gasteiger partial charge < -0.3 is 5.73 Å². The van der Waals surface area contributed by atoms with Crippen LogP contribution in [-0.4, -0.2) is 4.98 Å². The highest BCUT2D eigenvalue weighted by molar-refractivity contribution is 5.86. The monoisotopic (exact) mass is 211 g/mol. The first-order valence-corrected chi connectivity index (χ1v) is 5.22. The van der Waals surface area contributed by atoms with E-state index in [1.807, 2.05) is 18.2 Å². The molecule has 1 aromatic carbocycles. The van der Waals surface area contributed by atoms with Gasteiger partial charge in [-0.25, -0.2) is 4.98 Å². The van der Waals surface area contributed by atoms with Gasteiger partial charge in [-0.15, -0.1) is 0 Å². The highest BCUT2D eigenvalue weighted by Gasteiger charge is 2.06. The minimum Gasteiger partial charge on any atom is -0.384 e. The zero-order chi connectivity index (χ0) is 11.7. The molecular formula is C13H13N3. The van der Waals surface area contributed by atoms with Crippen molar-refractivity contribution < 1.29 is 0 Å². The van der Waals surface area contributed by atoms with Crippen LogP contribution in [0.25, 0.3) is 10.9 Å². The Hall–Kier alpha value is -2.08. The van der Waals surface area contributed by atoms with E-state index >= 15 is 0 Å². The number of benzene rings is 1. The molecule has 0 aliphatic carbocycles. The van der Waals surface area contributed by atoms with Crippen molar-refractivity contribution in [2.45, 2.75) is 19.8 Å². The van der Waals surface area contributed by atoms with Gasteiger partial charge in [-0.1, -0.05) is 19.9 Å². The van der Waals surface area contributed by atoms with E-state index in [0.717, 1.165) is 10.9 Å². The Kier molecular flexibility index (Phi) is 2.49. The SMILES string of the molecule is CC(C)c1ccc2nc(N)cc(C#N)c2c1. The molecule has 0 amide bonds. The molecule has 3 heteroatoms. The smallest absolute Gasteiger partial charge is 0.125 e. The van der Waals surface area contributed by atoms with Gasteiger partial charge in [-0.05, 0) is 29.7 Å². The predicted octanol–water partition coefficient (Wildman–Crippen LogP) is 2.81. The molecule has 0 radical (unpaired) electrons. The Balaban J connectivity index is 2.77. The molecule has 0 aliphatic rings. The molecule has 2 N–H and O–H groups in total. The molecule has 0 spiro atoms. The average molecular weight is 211 g/mol. The third-order valence-electron chi connectivity index (χ3n) is 2.64. The second-order valence-corrected chi connectivity index (χ2v) is 4.14. The summed E-state index contributed by atoms with van der Waals surface area (Å²) in [7, 11) is 0. The number of aromatic nitrogens is 1. The quantitative estimate of drug-likeness (QED) is 0.788. The molecule has 1 aromatic heterocycles. The van der Waals surface area contributed by atoms with Crippen molar-refractivity contribution in [1.82, 2.24) is 4.98 Å². The molecule has 0 unspecified atom stereocenters. The van der Waals surface area contributed by atoms with E-state index < -0.39 is 0 Å². The minimum absolute atomic E-state index is 0.390. The van der Waals surface area contributed by atoms with E-state index in [-0.39, 0.29) is 0 Å². The summed E-state index contributed by atoms with van der Waals surface area (Å²) >= 11 is 0. The summed E-state index contributed by atoms with van der Waals surface area (Å²) in [5.41, 5.74) is 8.21. The number of hydrogen-bond donors (Lipinski definition) is 1. The molecule has 2 rings (SSSR count). The fraction of sp³-hybridized carbons (Fsp3) is 0.231. The lowest BCUT2D eigenvalue weighted by atomic mass is 9.99. The zero-order valence-corrected chi connectivity index (χ0v) is 9.36. The molecule has 0 atom stereocenters. The summed E-state index contributed by atoms with van der Waals surface area (Å²) in [5.74, 6) is 0.829. The summed E-state index contributed by atoms with van der Waals surface area (Å²) < 4.78 is 0. The van der Waals surface area contributed by atoms with E-state index in [1.165, 1.54) is 5.56 Å². The van der Waals surface area contributed by atoms with Crippen LogP contribution in [0, 0.1) is 11.3 Å². The van der Waals surface area contributed by atoms with E-state index in [4.69, 9.17) is 11.0 Å². The largest absolute Gasteiger partial charge is 0.384 e. The minimum atomic E-state index is 0.390. The molecule has 0 saturated carbocycles. The van der Waals surface area contributed by atoms with Crippen molar-refractivity contribution in [3.05, 3.63) is 35.4 Å². The predicted molar refractivity (Wildman–Crippen MR) is 65.0 cm³/mol. The molecular weight excluding hydrogens is 198 g/mol. The topological polar surface area (TPSA) is 62.7 Å². The third-order valence-corrected chi connectivity index (χ3v) is 2.64. The van der Waals surface area contributed by atoms with E-state index in [1.54, 1.807) is 6.07 Å². The third kappa shape index (κ3) is 1.70. The Labute approximate surface area is 94.5 Å². The molecule has 80 valence electrons.